The van der Waals surface area contributed by atoms with E-state index < -0.39 is 0 Å². The van der Waals surface area contributed by atoms with Crippen LogP contribution < -0.4 is 16.4 Å². The molecule has 0 fully saturated rings. The molecule has 27 heavy (non-hydrogen) atoms. The maximum absolute atomic E-state index is 6.23. The Morgan fingerprint density at radius 3 is 2.07 bits per heavy atom. The Balaban J connectivity index is 1.76. The van der Waals surface area contributed by atoms with Gasteiger partial charge in [0.25, 0.3) is 0 Å². The summed E-state index contributed by atoms with van der Waals surface area (Å²) in [5.74, 6) is 1.01. The van der Waals surface area contributed by atoms with Gasteiger partial charge >= 0.3 is 0 Å². The molecule has 0 bridgehead atoms. The Labute approximate surface area is 168 Å². The first-order valence-electron chi connectivity index (χ1n) is 8.74. The molecule has 0 saturated heterocycles. The van der Waals surface area contributed by atoms with E-state index in [1.165, 1.54) is 24.7 Å². The van der Waals surface area contributed by atoms with Crippen LogP contribution in [0, 0.1) is 0 Å². The zero-order valence-electron chi connectivity index (χ0n) is 15.0. The highest BCUT2D eigenvalue weighted by molar-refractivity contribution is 6.35. The monoisotopic (exact) mass is 401 g/mol. The van der Waals surface area contributed by atoms with Crippen LogP contribution in [0.4, 0.5) is 28.7 Å². The third kappa shape index (κ3) is 5.25. The molecule has 0 aliphatic carbocycles. The second-order valence-corrected chi connectivity index (χ2v) is 7.07. The third-order valence-corrected chi connectivity index (χ3v) is 4.48. The minimum Gasteiger partial charge on any atom is -0.393 e. The summed E-state index contributed by atoms with van der Waals surface area (Å²) in [4.78, 5) is 8.45. The van der Waals surface area contributed by atoms with Gasteiger partial charge in [-0.05, 0) is 48.7 Å². The number of halogens is 2. The number of nitrogens with zero attached hydrogens (tertiary/aromatic N) is 2. The number of hydrogen-bond donors (Lipinski definition) is 3. The number of aromatic nitrogens is 2. The van der Waals surface area contributed by atoms with E-state index in [0.717, 1.165) is 12.1 Å². The highest BCUT2D eigenvalue weighted by Crippen LogP contribution is 2.30. The van der Waals surface area contributed by atoms with Gasteiger partial charge in [-0.2, -0.15) is 0 Å². The lowest BCUT2D eigenvalue weighted by Crippen LogP contribution is -2.05. The first-order chi connectivity index (χ1) is 13.0. The van der Waals surface area contributed by atoms with Gasteiger partial charge in [-0.25, -0.2) is 9.97 Å². The van der Waals surface area contributed by atoms with Crippen LogP contribution in [-0.4, -0.2) is 9.97 Å². The van der Waals surface area contributed by atoms with Gasteiger partial charge in [-0.15, -0.1) is 0 Å². The van der Waals surface area contributed by atoms with E-state index in [2.05, 4.69) is 39.7 Å². The minimum absolute atomic E-state index is 0.406. The van der Waals surface area contributed by atoms with Crippen molar-refractivity contribution in [3.63, 3.8) is 0 Å². The lowest BCUT2D eigenvalue weighted by atomic mass is 10.1. The van der Waals surface area contributed by atoms with Crippen LogP contribution in [0.2, 0.25) is 10.0 Å². The smallest absolute Gasteiger partial charge is 0.159 e. The van der Waals surface area contributed by atoms with Gasteiger partial charge in [0.15, 0.2) is 11.6 Å². The molecule has 0 radical (unpaired) electrons. The molecular formula is C20H21Cl2N5. The van der Waals surface area contributed by atoms with Crippen LogP contribution in [0.5, 0.6) is 0 Å². The van der Waals surface area contributed by atoms with E-state index in [4.69, 9.17) is 28.9 Å². The van der Waals surface area contributed by atoms with E-state index >= 15 is 0 Å². The highest BCUT2D eigenvalue weighted by Gasteiger charge is 2.10. The molecule has 0 atom stereocenters. The molecule has 5 nitrogen and oxygen atoms in total. The van der Waals surface area contributed by atoms with Gasteiger partial charge in [0, 0.05) is 21.4 Å². The average molecular weight is 402 g/mol. The highest BCUT2D eigenvalue weighted by atomic mass is 35.5. The van der Waals surface area contributed by atoms with Crippen LogP contribution in [0.15, 0.2) is 48.8 Å². The number of nitrogens with two attached hydrogens (primary N) is 1. The lowest BCUT2D eigenvalue weighted by molar-refractivity contribution is 0.795. The van der Waals surface area contributed by atoms with Crippen molar-refractivity contribution in [2.24, 2.45) is 0 Å². The molecule has 7 heteroatoms. The molecule has 0 saturated carbocycles. The van der Waals surface area contributed by atoms with Crippen molar-refractivity contribution < 1.29 is 0 Å². The van der Waals surface area contributed by atoms with E-state index in [0.29, 0.717) is 33.1 Å². The molecule has 1 heterocycles. The summed E-state index contributed by atoms with van der Waals surface area (Å²) < 4.78 is 0. The van der Waals surface area contributed by atoms with E-state index in [1.807, 2.05) is 12.1 Å². The van der Waals surface area contributed by atoms with Gasteiger partial charge in [0.05, 0.1) is 0 Å². The number of unbranched alkanes of at least 4 members (excludes halogenated alkanes) is 1. The first-order valence-corrected chi connectivity index (χ1v) is 9.50. The fourth-order valence-electron chi connectivity index (χ4n) is 2.63. The van der Waals surface area contributed by atoms with Gasteiger partial charge in [0.2, 0.25) is 0 Å². The molecule has 0 aliphatic heterocycles. The van der Waals surface area contributed by atoms with Crippen LogP contribution in [0.1, 0.15) is 25.3 Å². The molecule has 3 aromatic rings. The number of nitrogens with one attached hydrogen (secondary N) is 2. The Kier molecular flexibility index (Phi) is 6.37. The van der Waals surface area contributed by atoms with Crippen molar-refractivity contribution in [1.29, 1.82) is 0 Å². The lowest BCUT2D eigenvalue weighted by Gasteiger charge is -2.13. The standard InChI is InChI=1S/C20H21Cl2N5/c1-2-3-4-13-5-7-16(8-6-13)26-19-18(23)20(25-12-24-19)27-17-10-14(21)9-15(22)11-17/h5-12H,2-4,23H2,1H3,(H2,24,25,26,27). The van der Waals surface area contributed by atoms with Gasteiger partial charge < -0.3 is 16.4 Å². The summed E-state index contributed by atoms with van der Waals surface area (Å²) in [5.41, 5.74) is 9.57. The van der Waals surface area contributed by atoms with E-state index in [9.17, 15) is 0 Å². The second kappa shape index (κ2) is 8.93. The zero-order valence-corrected chi connectivity index (χ0v) is 16.5. The average Bonchev–Trinajstić information content (AvgIpc) is 2.63. The molecule has 1 aromatic heterocycles. The molecular weight excluding hydrogens is 381 g/mol. The Bertz CT molecular complexity index is 892. The minimum atomic E-state index is 0.406. The summed E-state index contributed by atoms with van der Waals surface area (Å²) >= 11 is 12.1. The fraction of sp³-hybridized carbons (Fsp3) is 0.200. The predicted molar refractivity (Wildman–Crippen MR) is 115 cm³/mol. The predicted octanol–water partition coefficient (Wildman–Crippen LogP) is 6.20. The number of aryl methyl sites for hydroxylation is 1. The van der Waals surface area contributed by atoms with Crippen LogP contribution in [0.3, 0.4) is 0 Å². The maximum Gasteiger partial charge on any atom is 0.159 e. The fourth-order valence-corrected chi connectivity index (χ4v) is 3.16. The van der Waals surface area contributed by atoms with Crippen molar-refractivity contribution in [3.8, 4) is 0 Å². The normalized spacial score (nSPS) is 10.6. The molecule has 0 amide bonds. The van der Waals surface area contributed by atoms with Crippen molar-refractivity contribution in [1.82, 2.24) is 9.97 Å². The largest absolute Gasteiger partial charge is 0.393 e. The number of nitrogen functional groups attached to an aromatic ring is 1. The van der Waals surface area contributed by atoms with E-state index in [-0.39, 0.29) is 0 Å². The van der Waals surface area contributed by atoms with Gasteiger partial charge in [-0.1, -0.05) is 48.7 Å². The number of benzene rings is 2. The van der Waals surface area contributed by atoms with Gasteiger partial charge in [0.1, 0.15) is 12.0 Å². The summed E-state index contributed by atoms with van der Waals surface area (Å²) in [6.45, 7) is 2.19. The summed E-state index contributed by atoms with van der Waals surface area (Å²) in [5, 5.41) is 7.42. The number of anilines is 5. The quantitative estimate of drug-likeness (QED) is 0.439. The molecule has 0 unspecified atom stereocenters. The molecule has 0 aliphatic rings. The molecule has 3 rings (SSSR count). The Morgan fingerprint density at radius 2 is 1.48 bits per heavy atom. The second-order valence-electron chi connectivity index (χ2n) is 6.19. The Morgan fingerprint density at radius 1 is 0.889 bits per heavy atom. The van der Waals surface area contributed by atoms with Crippen molar-refractivity contribution in [2.75, 3.05) is 16.4 Å². The zero-order chi connectivity index (χ0) is 19.2. The number of rotatable bonds is 7. The van der Waals surface area contributed by atoms with Crippen LogP contribution in [0.25, 0.3) is 0 Å². The van der Waals surface area contributed by atoms with E-state index in [1.54, 1.807) is 18.2 Å². The summed E-state index contributed by atoms with van der Waals surface area (Å²) in [6, 6.07) is 13.4. The number of hydrogen-bond acceptors (Lipinski definition) is 5. The maximum atomic E-state index is 6.23. The molecule has 2 aromatic carbocycles. The molecule has 4 N–H and O–H groups in total. The Hall–Kier alpha value is -2.50. The van der Waals surface area contributed by atoms with Gasteiger partial charge in [-0.3, -0.25) is 0 Å². The summed E-state index contributed by atoms with van der Waals surface area (Å²) in [7, 11) is 0. The molecule has 140 valence electrons. The molecule has 0 spiro atoms. The third-order valence-electron chi connectivity index (χ3n) is 4.04. The van der Waals surface area contributed by atoms with Crippen LogP contribution >= 0.6 is 23.2 Å². The first kappa shape index (κ1) is 19.3. The van der Waals surface area contributed by atoms with Crippen LogP contribution in [-0.2, 0) is 6.42 Å². The SMILES string of the molecule is CCCCc1ccc(Nc2ncnc(Nc3cc(Cl)cc(Cl)c3)c2N)cc1. The summed E-state index contributed by atoms with van der Waals surface area (Å²) in [6.07, 6.45) is 4.91. The van der Waals surface area contributed by atoms with Crippen molar-refractivity contribution in [2.45, 2.75) is 26.2 Å². The van der Waals surface area contributed by atoms with Crippen molar-refractivity contribution >= 4 is 51.9 Å². The topological polar surface area (TPSA) is 75.9 Å². The van der Waals surface area contributed by atoms with Crippen molar-refractivity contribution in [3.05, 3.63) is 64.4 Å².